The molecule has 4 amide bonds. The maximum atomic E-state index is 12.7. The van der Waals surface area contributed by atoms with E-state index in [2.05, 4.69) is 5.32 Å². The number of carbonyl (C=O) groups excluding carboxylic acids is 3. The third-order valence-electron chi connectivity index (χ3n) is 3.88. The number of carbonyl (C=O) groups is 3. The van der Waals surface area contributed by atoms with Gasteiger partial charge in [0.2, 0.25) is 0 Å². The highest BCUT2D eigenvalue weighted by Gasteiger charge is 2.35. The van der Waals surface area contributed by atoms with Crippen molar-refractivity contribution in [1.29, 1.82) is 0 Å². The molecule has 2 aromatic rings. The minimum absolute atomic E-state index is 0.0506. The molecule has 0 unspecified atom stereocenters. The van der Waals surface area contributed by atoms with E-state index in [0.717, 1.165) is 10.5 Å². The highest BCUT2D eigenvalue weighted by molar-refractivity contribution is 6.30. The maximum absolute atomic E-state index is 12.7. The highest BCUT2D eigenvalue weighted by Crippen LogP contribution is 2.27. The van der Waals surface area contributed by atoms with Crippen LogP contribution in [-0.2, 0) is 16.1 Å². The molecule has 132 valence electrons. The second-order valence-electron chi connectivity index (χ2n) is 5.63. The van der Waals surface area contributed by atoms with Crippen LogP contribution < -0.4 is 10.1 Å². The number of methoxy groups -OCH3 is 1. The lowest BCUT2D eigenvalue weighted by molar-refractivity contribution is -0.130. The summed E-state index contributed by atoms with van der Waals surface area (Å²) in [6.07, 6.45) is 1.35. The molecule has 0 bridgehead atoms. The van der Waals surface area contributed by atoms with Gasteiger partial charge in [-0.25, -0.2) is 4.79 Å². The Hall–Kier alpha value is -3.61. The first-order valence-corrected chi connectivity index (χ1v) is 7.79. The molecule has 7 nitrogen and oxygen atoms in total. The number of hydrogen-bond donors (Lipinski definition) is 2. The Morgan fingerprint density at radius 3 is 2.54 bits per heavy atom. The summed E-state index contributed by atoms with van der Waals surface area (Å²) < 4.78 is 5.02. The number of benzene rings is 2. The van der Waals surface area contributed by atoms with Gasteiger partial charge in [-0.2, -0.15) is 0 Å². The summed E-state index contributed by atoms with van der Waals surface area (Å²) >= 11 is 0. The summed E-state index contributed by atoms with van der Waals surface area (Å²) in [5, 5.41) is 11.8. The Kier molecular flexibility index (Phi) is 4.70. The van der Waals surface area contributed by atoms with Crippen LogP contribution >= 0.6 is 0 Å². The van der Waals surface area contributed by atoms with E-state index < -0.39 is 17.8 Å². The molecule has 7 heteroatoms. The summed E-state index contributed by atoms with van der Waals surface area (Å²) in [5.41, 5.74) is 1.07. The summed E-state index contributed by atoms with van der Waals surface area (Å²) in [7, 11) is 1.39. The molecule has 0 spiro atoms. The summed E-state index contributed by atoms with van der Waals surface area (Å²) in [4.78, 5) is 37.8. The van der Waals surface area contributed by atoms with Crippen molar-refractivity contribution in [2.75, 3.05) is 7.11 Å². The number of barbiturate groups is 1. The van der Waals surface area contributed by atoms with Gasteiger partial charge in [0, 0.05) is 0 Å². The number of aromatic hydroxyl groups is 1. The molecule has 3 rings (SSSR count). The number of nitrogens with one attached hydrogen (secondary N) is 1. The average molecular weight is 352 g/mol. The Morgan fingerprint density at radius 2 is 1.85 bits per heavy atom. The smallest absolute Gasteiger partial charge is 0.331 e. The van der Waals surface area contributed by atoms with Crippen LogP contribution in [0.25, 0.3) is 6.08 Å². The SMILES string of the molecule is COc1cc(/C=C2\C(=O)NC(=O)N(Cc3ccccc3)C2=O)ccc1O. The lowest BCUT2D eigenvalue weighted by atomic mass is 10.1. The molecule has 2 aromatic carbocycles. The van der Waals surface area contributed by atoms with Gasteiger partial charge in [0.1, 0.15) is 5.57 Å². The monoisotopic (exact) mass is 352 g/mol. The van der Waals surface area contributed by atoms with Gasteiger partial charge in [-0.05, 0) is 29.3 Å². The predicted molar refractivity (Wildman–Crippen MR) is 93.2 cm³/mol. The van der Waals surface area contributed by atoms with Crippen molar-refractivity contribution in [2.45, 2.75) is 6.54 Å². The summed E-state index contributed by atoms with van der Waals surface area (Å²) in [5.74, 6) is -1.30. The zero-order chi connectivity index (χ0) is 18.7. The first-order valence-electron chi connectivity index (χ1n) is 7.79. The van der Waals surface area contributed by atoms with E-state index >= 15 is 0 Å². The molecule has 26 heavy (non-hydrogen) atoms. The molecule has 2 N–H and O–H groups in total. The number of ether oxygens (including phenoxy) is 1. The number of hydrogen-bond acceptors (Lipinski definition) is 5. The lowest BCUT2D eigenvalue weighted by Crippen LogP contribution is -2.53. The molecule has 0 aromatic heterocycles. The normalized spacial score (nSPS) is 16.0. The fourth-order valence-corrected chi connectivity index (χ4v) is 2.55. The number of phenols is 1. The molecule has 0 atom stereocenters. The van der Waals surface area contributed by atoms with Gasteiger partial charge in [0.15, 0.2) is 11.5 Å². The second-order valence-corrected chi connectivity index (χ2v) is 5.63. The molecular weight excluding hydrogens is 336 g/mol. The van der Waals surface area contributed by atoms with E-state index in [9.17, 15) is 19.5 Å². The molecule has 0 saturated carbocycles. The van der Waals surface area contributed by atoms with Gasteiger partial charge in [-0.3, -0.25) is 19.8 Å². The Labute approximate surface area is 149 Å². The van der Waals surface area contributed by atoms with Crippen LogP contribution in [0.4, 0.5) is 4.79 Å². The van der Waals surface area contributed by atoms with Gasteiger partial charge in [0.25, 0.3) is 11.8 Å². The number of amides is 4. The van der Waals surface area contributed by atoms with Gasteiger partial charge in [-0.15, -0.1) is 0 Å². The first-order chi connectivity index (χ1) is 12.5. The number of phenolic OH excluding ortho intramolecular Hbond substituents is 1. The molecule has 0 radical (unpaired) electrons. The van der Waals surface area contributed by atoms with Crippen molar-refractivity contribution in [3.63, 3.8) is 0 Å². The summed E-state index contributed by atoms with van der Waals surface area (Å²) in [6.45, 7) is 0.0506. The van der Waals surface area contributed by atoms with E-state index in [4.69, 9.17) is 4.74 Å². The quantitative estimate of drug-likeness (QED) is 0.649. The highest BCUT2D eigenvalue weighted by atomic mass is 16.5. The average Bonchev–Trinajstić information content (AvgIpc) is 2.64. The van der Waals surface area contributed by atoms with Crippen LogP contribution in [0.2, 0.25) is 0 Å². The fraction of sp³-hybridized carbons (Fsp3) is 0.105. The molecule has 0 aliphatic carbocycles. The minimum Gasteiger partial charge on any atom is -0.504 e. The molecular formula is C19H16N2O5. The van der Waals surface area contributed by atoms with E-state index in [1.54, 1.807) is 24.3 Å². The van der Waals surface area contributed by atoms with Gasteiger partial charge in [0.05, 0.1) is 13.7 Å². The standard InChI is InChI=1S/C19H16N2O5/c1-26-16-10-13(7-8-15(16)22)9-14-17(23)20-19(25)21(18(14)24)11-12-5-3-2-4-6-12/h2-10,22H,11H2,1H3,(H,20,23,25)/b14-9+. The van der Waals surface area contributed by atoms with E-state index in [0.29, 0.717) is 5.56 Å². The zero-order valence-electron chi connectivity index (χ0n) is 13.9. The topological polar surface area (TPSA) is 95.9 Å². The van der Waals surface area contributed by atoms with Crippen LogP contribution in [0.5, 0.6) is 11.5 Å². The van der Waals surface area contributed by atoms with Gasteiger partial charge in [-0.1, -0.05) is 36.4 Å². The molecule has 1 heterocycles. The van der Waals surface area contributed by atoms with Crippen molar-refractivity contribution in [3.8, 4) is 11.5 Å². The zero-order valence-corrected chi connectivity index (χ0v) is 13.9. The largest absolute Gasteiger partial charge is 0.504 e. The van der Waals surface area contributed by atoms with Crippen molar-refractivity contribution in [3.05, 3.63) is 65.2 Å². The van der Waals surface area contributed by atoms with Crippen molar-refractivity contribution < 1.29 is 24.2 Å². The van der Waals surface area contributed by atoms with E-state index in [1.165, 1.54) is 31.4 Å². The van der Waals surface area contributed by atoms with Crippen LogP contribution in [0.1, 0.15) is 11.1 Å². The number of nitrogens with zero attached hydrogens (tertiary/aromatic N) is 1. The van der Waals surface area contributed by atoms with Gasteiger partial charge >= 0.3 is 6.03 Å². The Morgan fingerprint density at radius 1 is 1.12 bits per heavy atom. The Balaban J connectivity index is 1.92. The lowest BCUT2D eigenvalue weighted by Gasteiger charge is -2.26. The Bertz CT molecular complexity index is 905. The third-order valence-corrected chi connectivity index (χ3v) is 3.88. The van der Waals surface area contributed by atoms with Crippen molar-refractivity contribution >= 4 is 23.9 Å². The van der Waals surface area contributed by atoms with Crippen LogP contribution in [0.15, 0.2) is 54.1 Å². The van der Waals surface area contributed by atoms with E-state index in [-0.39, 0.29) is 23.6 Å². The predicted octanol–water partition coefficient (Wildman–Crippen LogP) is 2.06. The van der Waals surface area contributed by atoms with Crippen molar-refractivity contribution in [1.82, 2.24) is 10.2 Å². The van der Waals surface area contributed by atoms with Gasteiger partial charge < -0.3 is 9.84 Å². The van der Waals surface area contributed by atoms with Crippen molar-refractivity contribution in [2.24, 2.45) is 0 Å². The van der Waals surface area contributed by atoms with Crippen LogP contribution in [0.3, 0.4) is 0 Å². The number of urea groups is 1. The first kappa shape index (κ1) is 17.2. The maximum Gasteiger partial charge on any atom is 0.331 e. The molecule has 1 saturated heterocycles. The third kappa shape index (κ3) is 3.41. The second kappa shape index (κ2) is 7.10. The van der Waals surface area contributed by atoms with E-state index in [1.807, 2.05) is 6.07 Å². The molecule has 1 fully saturated rings. The molecule has 1 aliphatic rings. The fourth-order valence-electron chi connectivity index (χ4n) is 2.55. The van der Waals surface area contributed by atoms with Crippen LogP contribution in [-0.4, -0.2) is 35.0 Å². The number of imide groups is 2. The van der Waals surface area contributed by atoms with Crippen LogP contribution in [0, 0.1) is 0 Å². The molecule has 1 aliphatic heterocycles. The number of rotatable bonds is 4. The summed E-state index contributed by atoms with van der Waals surface area (Å²) in [6, 6.07) is 12.6. The minimum atomic E-state index is -0.767.